The molecule has 0 radical (unpaired) electrons. The molecule has 0 unspecified atom stereocenters. The van der Waals surface area contributed by atoms with Crippen molar-refractivity contribution in [3.05, 3.63) is 24.7 Å². The SMILES string of the molecule is C=C1N(C)/C=C\CCCN1C. The van der Waals surface area contributed by atoms with E-state index in [9.17, 15) is 0 Å². The lowest BCUT2D eigenvalue weighted by molar-refractivity contribution is 0.309. The summed E-state index contributed by atoms with van der Waals surface area (Å²) in [4.78, 5) is 4.24. The van der Waals surface area contributed by atoms with Crippen LogP contribution in [-0.4, -0.2) is 30.4 Å². The minimum Gasteiger partial charge on any atom is -0.362 e. The lowest BCUT2D eigenvalue weighted by Crippen LogP contribution is -2.28. The summed E-state index contributed by atoms with van der Waals surface area (Å²) in [5, 5.41) is 0. The van der Waals surface area contributed by atoms with E-state index in [0.29, 0.717) is 0 Å². The standard InChI is InChI=1S/C9H16N2/c1-9-10(2)7-5-4-6-8-11(9)3/h5,7H,1,4,6,8H2,2-3H3/b7-5-. The molecule has 1 rings (SSSR count). The van der Waals surface area contributed by atoms with Crippen molar-refractivity contribution in [3.8, 4) is 0 Å². The Kier molecular flexibility index (Phi) is 2.58. The second-order valence-electron chi connectivity index (χ2n) is 2.98. The maximum Gasteiger partial charge on any atom is 0.1000 e. The van der Waals surface area contributed by atoms with Gasteiger partial charge in [0, 0.05) is 26.8 Å². The largest absolute Gasteiger partial charge is 0.362 e. The smallest absolute Gasteiger partial charge is 0.1000 e. The van der Waals surface area contributed by atoms with Crippen LogP contribution in [0, 0.1) is 0 Å². The second kappa shape index (κ2) is 3.46. The van der Waals surface area contributed by atoms with Crippen LogP contribution in [0.25, 0.3) is 0 Å². The van der Waals surface area contributed by atoms with Crippen molar-refractivity contribution < 1.29 is 0 Å². The molecule has 0 aliphatic carbocycles. The van der Waals surface area contributed by atoms with Crippen LogP contribution in [0.4, 0.5) is 0 Å². The summed E-state index contributed by atoms with van der Waals surface area (Å²) in [5.74, 6) is 1.07. The van der Waals surface area contributed by atoms with Crippen LogP contribution in [-0.2, 0) is 0 Å². The Labute approximate surface area is 68.8 Å². The van der Waals surface area contributed by atoms with Crippen LogP contribution < -0.4 is 0 Å². The zero-order valence-corrected chi connectivity index (χ0v) is 7.38. The molecule has 2 nitrogen and oxygen atoms in total. The van der Waals surface area contributed by atoms with Gasteiger partial charge in [0.15, 0.2) is 0 Å². The first kappa shape index (κ1) is 8.18. The molecule has 1 aliphatic rings. The molecule has 0 N–H and O–H groups in total. The van der Waals surface area contributed by atoms with Gasteiger partial charge in [0.2, 0.25) is 0 Å². The Bertz CT molecular complexity index is 172. The van der Waals surface area contributed by atoms with Crippen LogP contribution in [0.15, 0.2) is 24.7 Å². The first-order valence-electron chi connectivity index (χ1n) is 4.01. The third kappa shape index (κ3) is 2.00. The van der Waals surface area contributed by atoms with Gasteiger partial charge in [-0.25, -0.2) is 0 Å². The highest BCUT2D eigenvalue weighted by molar-refractivity contribution is 4.99. The highest BCUT2D eigenvalue weighted by Crippen LogP contribution is 2.09. The fraction of sp³-hybridized carbons (Fsp3) is 0.556. The van der Waals surface area contributed by atoms with Crippen molar-refractivity contribution in [1.82, 2.24) is 9.80 Å². The molecule has 0 aromatic carbocycles. The fourth-order valence-corrected chi connectivity index (χ4v) is 1.16. The predicted molar refractivity (Wildman–Crippen MR) is 47.9 cm³/mol. The van der Waals surface area contributed by atoms with Crippen molar-refractivity contribution in [2.24, 2.45) is 0 Å². The Morgan fingerprint density at radius 2 is 2.18 bits per heavy atom. The molecule has 0 aromatic heterocycles. The topological polar surface area (TPSA) is 6.48 Å². The lowest BCUT2D eigenvalue weighted by atomic mass is 10.2. The molecule has 0 atom stereocenters. The molecular formula is C9H16N2. The van der Waals surface area contributed by atoms with Crippen molar-refractivity contribution >= 4 is 0 Å². The van der Waals surface area contributed by atoms with Gasteiger partial charge in [-0.3, -0.25) is 0 Å². The number of nitrogens with zero attached hydrogens (tertiary/aromatic N) is 2. The molecule has 0 fully saturated rings. The summed E-state index contributed by atoms with van der Waals surface area (Å²) in [6.07, 6.45) is 6.66. The molecule has 0 spiro atoms. The molecule has 11 heavy (non-hydrogen) atoms. The van der Waals surface area contributed by atoms with Gasteiger partial charge in [0.25, 0.3) is 0 Å². The van der Waals surface area contributed by atoms with E-state index in [0.717, 1.165) is 12.4 Å². The summed E-state index contributed by atoms with van der Waals surface area (Å²) >= 11 is 0. The van der Waals surface area contributed by atoms with Crippen molar-refractivity contribution in [2.45, 2.75) is 12.8 Å². The van der Waals surface area contributed by atoms with E-state index in [1.807, 2.05) is 7.05 Å². The Hall–Kier alpha value is -0.920. The van der Waals surface area contributed by atoms with E-state index in [4.69, 9.17) is 0 Å². The molecule has 1 aliphatic heterocycles. The Morgan fingerprint density at radius 3 is 2.91 bits per heavy atom. The predicted octanol–water partition coefficient (Wildman–Crippen LogP) is 1.63. The summed E-state index contributed by atoms with van der Waals surface area (Å²) in [5.41, 5.74) is 0. The van der Waals surface area contributed by atoms with Gasteiger partial charge in [-0.15, -0.1) is 0 Å². The second-order valence-corrected chi connectivity index (χ2v) is 2.98. The average Bonchev–Trinajstić information content (AvgIpc) is 2.00. The molecular weight excluding hydrogens is 136 g/mol. The lowest BCUT2D eigenvalue weighted by Gasteiger charge is -2.29. The molecule has 0 amide bonds. The van der Waals surface area contributed by atoms with Gasteiger partial charge in [-0.05, 0) is 12.8 Å². The molecule has 0 aromatic rings. The summed E-state index contributed by atoms with van der Waals surface area (Å²) < 4.78 is 0. The number of allylic oxidation sites excluding steroid dienone is 1. The number of hydrogen-bond donors (Lipinski definition) is 0. The maximum atomic E-state index is 3.98. The highest BCUT2D eigenvalue weighted by Gasteiger charge is 2.05. The minimum absolute atomic E-state index is 1.07. The van der Waals surface area contributed by atoms with Crippen molar-refractivity contribution in [3.63, 3.8) is 0 Å². The van der Waals surface area contributed by atoms with E-state index >= 15 is 0 Å². The van der Waals surface area contributed by atoms with Crippen LogP contribution >= 0.6 is 0 Å². The first-order chi connectivity index (χ1) is 5.22. The molecule has 1 heterocycles. The quantitative estimate of drug-likeness (QED) is 0.520. The summed E-state index contributed by atoms with van der Waals surface area (Å²) in [6, 6.07) is 0. The minimum atomic E-state index is 1.07. The number of rotatable bonds is 0. The molecule has 62 valence electrons. The molecule has 0 saturated heterocycles. The third-order valence-corrected chi connectivity index (χ3v) is 2.04. The molecule has 0 bridgehead atoms. The summed E-state index contributed by atoms with van der Waals surface area (Å²) in [6.45, 7) is 5.08. The Balaban J connectivity index is 2.64. The average molecular weight is 152 g/mol. The van der Waals surface area contributed by atoms with Crippen LogP contribution in [0.5, 0.6) is 0 Å². The van der Waals surface area contributed by atoms with E-state index in [1.165, 1.54) is 12.8 Å². The zero-order chi connectivity index (χ0) is 8.27. The summed E-state index contributed by atoms with van der Waals surface area (Å²) in [7, 11) is 4.11. The molecule has 2 heteroatoms. The van der Waals surface area contributed by atoms with Crippen LogP contribution in [0.1, 0.15) is 12.8 Å². The van der Waals surface area contributed by atoms with Gasteiger partial charge < -0.3 is 9.80 Å². The van der Waals surface area contributed by atoms with Crippen molar-refractivity contribution in [2.75, 3.05) is 20.6 Å². The Morgan fingerprint density at radius 1 is 1.45 bits per heavy atom. The van der Waals surface area contributed by atoms with E-state index in [2.05, 4.69) is 35.7 Å². The normalized spacial score (nSPS) is 22.9. The zero-order valence-electron chi connectivity index (χ0n) is 7.38. The molecule has 0 saturated carbocycles. The van der Waals surface area contributed by atoms with Crippen molar-refractivity contribution in [1.29, 1.82) is 0 Å². The van der Waals surface area contributed by atoms with Gasteiger partial charge in [0.05, 0.1) is 5.82 Å². The maximum absolute atomic E-state index is 3.98. The third-order valence-electron chi connectivity index (χ3n) is 2.04. The first-order valence-corrected chi connectivity index (χ1v) is 4.01. The van der Waals surface area contributed by atoms with Crippen LogP contribution in [0.3, 0.4) is 0 Å². The van der Waals surface area contributed by atoms with Gasteiger partial charge in [0.1, 0.15) is 0 Å². The van der Waals surface area contributed by atoms with Gasteiger partial charge in [-0.2, -0.15) is 0 Å². The monoisotopic (exact) mass is 152 g/mol. The fourth-order valence-electron chi connectivity index (χ4n) is 1.16. The number of hydrogen-bond acceptors (Lipinski definition) is 2. The van der Waals surface area contributed by atoms with Crippen LogP contribution in [0.2, 0.25) is 0 Å². The van der Waals surface area contributed by atoms with E-state index in [-0.39, 0.29) is 0 Å². The highest BCUT2D eigenvalue weighted by atomic mass is 15.3. The van der Waals surface area contributed by atoms with E-state index < -0.39 is 0 Å². The van der Waals surface area contributed by atoms with E-state index in [1.54, 1.807) is 0 Å². The van der Waals surface area contributed by atoms with Gasteiger partial charge in [-0.1, -0.05) is 12.7 Å². The van der Waals surface area contributed by atoms with Gasteiger partial charge >= 0.3 is 0 Å².